The Morgan fingerprint density at radius 2 is 1.89 bits per heavy atom. The molecule has 1 atom stereocenters. The number of nitrogens with one attached hydrogen (secondary N) is 2. The SMILES string of the molecule is CC(C)(C)OC(=O)NCCC#CCOc1ccc(S(=O)(=O)N2CCSC(C)(C)C2C(=O)NO)cc1. The summed E-state index contributed by atoms with van der Waals surface area (Å²) in [6.07, 6.45) is -0.0758. The first-order chi connectivity index (χ1) is 16.3. The fourth-order valence-electron chi connectivity index (χ4n) is 3.36. The summed E-state index contributed by atoms with van der Waals surface area (Å²) in [5.74, 6) is 5.88. The van der Waals surface area contributed by atoms with E-state index in [9.17, 15) is 18.0 Å². The number of hydrogen-bond donors (Lipinski definition) is 3. The van der Waals surface area contributed by atoms with Crippen LogP contribution in [0, 0.1) is 11.8 Å². The number of benzene rings is 1. The van der Waals surface area contributed by atoms with Crippen LogP contribution in [0.2, 0.25) is 0 Å². The minimum absolute atomic E-state index is 0.0163. The third-order valence-electron chi connectivity index (χ3n) is 4.88. The van der Waals surface area contributed by atoms with Crippen LogP contribution in [0.25, 0.3) is 0 Å². The van der Waals surface area contributed by atoms with Crippen LogP contribution in [0.15, 0.2) is 29.2 Å². The third kappa shape index (κ3) is 8.31. The zero-order chi connectivity index (χ0) is 26.3. The minimum atomic E-state index is -3.99. The van der Waals surface area contributed by atoms with Gasteiger partial charge in [-0.2, -0.15) is 16.1 Å². The lowest BCUT2D eigenvalue weighted by atomic mass is 10.0. The van der Waals surface area contributed by atoms with Crippen molar-refractivity contribution in [1.29, 1.82) is 0 Å². The highest BCUT2D eigenvalue weighted by Crippen LogP contribution is 2.38. The van der Waals surface area contributed by atoms with Gasteiger partial charge in [0.05, 0.1) is 4.90 Å². The zero-order valence-electron chi connectivity index (χ0n) is 20.6. The van der Waals surface area contributed by atoms with Crippen molar-refractivity contribution in [2.45, 2.75) is 62.3 Å². The molecule has 1 aliphatic rings. The van der Waals surface area contributed by atoms with E-state index in [0.717, 1.165) is 4.31 Å². The van der Waals surface area contributed by atoms with Crippen molar-refractivity contribution in [2.75, 3.05) is 25.4 Å². The first-order valence-corrected chi connectivity index (χ1v) is 13.5. The quantitative estimate of drug-likeness (QED) is 0.213. The standard InChI is InChI=1S/C23H33N3O7S2/c1-22(2,3)33-21(28)24-13-7-6-8-15-32-17-9-11-18(12-10-17)35(30,31)26-14-16-34-23(4,5)19(26)20(27)25-29/h9-12,19,29H,7,13-16H2,1-5H3,(H,24,28)(H,25,27). The maximum absolute atomic E-state index is 13.3. The molecular formula is C23H33N3O7S2. The highest BCUT2D eigenvalue weighted by molar-refractivity contribution is 8.00. The number of thioether (sulfide) groups is 1. The lowest BCUT2D eigenvalue weighted by Crippen LogP contribution is -2.61. The van der Waals surface area contributed by atoms with E-state index in [1.165, 1.54) is 36.0 Å². The van der Waals surface area contributed by atoms with Gasteiger partial charge in [0.2, 0.25) is 10.0 Å². The van der Waals surface area contributed by atoms with Gasteiger partial charge >= 0.3 is 6.09 Å². The van der Waals surface area contributed by atoms with Crippen LogP contribution in [-0.2, 0) is 19.6 Å². The van der Waals surface area contributed by atoms with Gasteiger partial charge < -0.3 is 14.8 Å². The number of alkyl carbamates (subject to hydrolysis) is 1. The summed E-state index contributed by atoms with van der Waals surface area (Å²) in [7, 11) is -3.99. The molecule has 0 saturated carbocycles. The average molecular weight is 528 g/mol. The molecule has 194 valence electrons. The molecule has 1 aromatic rings. The van der Waals surface area contributed by atoms with Gasteiger partial charge in [-0.05, 0) is 58.9 Å². The molecule has 12 heteroatoms. The molecule has 1 aromatic carbocycles. The molecule has 0 aliphatic carbocycles. The Labute approximate surface area is 211 Å². The van der Waals surface area contributed by atoms with Crippen molar-refractivity contribution >= 4 is 33.8 Å². The smallest absolute Gasteiger partial charge is 0.407 e. The van der Waals surface area contributed by atoms with Gasteiger partial charge in [-0.15, -0.1) is 0 Å². The summed E-state index contributed by atoms with van der Waals surface area (Å²) in [5.41, 5.74) is 1.03. The van der Waals surface area contributed by atoms with E-state index in [1.807, 2.05) is 0 Å². The molecule has 10 nitrogen and oxygen atoms in total. The van der Waals surface area contributed by atoms with E-state index < -0.39 is 38.4 Å². The topological polar surface area (TPSA) is 134 Å². The number of nitrogens with zero attached hydrogens (tertiary/aromatic N) is 1. The predicted molar refractivity (Wildman–Crippen MR) is 133 cm³/mol. The lowest BCUT2D eigenvalue weighted by molar-refractivity contribution is -0.134. The number of hydroxylamine groups is 1. The van der Waals surface area contributed by atoms with Crippen LogP contribution in [0.4, 0.5) is 4.79 Å². The fourth-order valence-corrected chi connectivity index (χ4v) is 6.47. The van der Waals surface area contributed by atoms with E-state index in [-0.39, 0.29) is 18.0 Å². The second-order valence-corrected chi connectivity index (χ2v) is 12.9. The Hall–Kier alpha value is -2.46. The highest BCUT2D eigenvalue weighted by Gasteiger charge is 2.48. The van der Waals surface area contributed by atoms with Gasteiger partial charge in [0, 0.05) is 30.0 Å². The van der Waals surface area contributed by atoms with Gasteiger partial charge in [0.15, 0.2) is 0 Å². The van der Waals surface area contributed by atoms with Crippen molar-refractivity contribution < 1.29 is 32.7 Å². The maximum atomic E-state index is 13.3. The molecule has 2 amide bonds. The Kier molecular flexibility index (Phi) is 9.85. The second-order valence-electron chi connectivity index (χ2n) is 9.24. The second kappa shape index (κ2) is 12.0. The molecule has 1 fully saturated rings. The average Bonchev–Trinajstić information content (AvgIpc) is 2.76. The molecular weight excluding hydrogens is 494 g/mol. The third-order valence-corrected chi connectivity index (χ3v) is 8.11. The van der Waals surface area contributed by atoms with Crippen LogP contribution < -0.4 is 15.5 Å². The monoisotopic (exact) mass is 527 g/mol. The molecule has 2 rings (SSSR count). The van der Waals surface area contributed by atoms with Crippen molar-refractivity contribution in [3.63, 3.8) is 0 Å². The van der Waals surface area contributed by atoms with E-state index in [1.54, 1.807) is 40.1 Å². The summed E-state index contributed by atoms with van der Waals surface area (Å²) in [5, 5.41) is 11.8. The molecule has 0 bridgehead atoms. The Morgan fingerprint density at radius 1 is 1.23 bits per heavy atom. The Morgan fingerprint density at radius 3 is 2.49 bits per heavy atom. The fraction of sp³-hybridized carbons (Fsp3) is 0.565. The Balaban J connectivity index is 1.93. The van der Waals surface area contributed by atoms with Crippen molar-refractivity contribution in [1.82, 2.24) is 15.1 Å². The number of amides is 2. The van der Waals surface area contributed by atoms with E-state index in [4.69, 9.17) is 14.7 Å². The van der Waals surface area contributed by atoms with Gasteiger partial charge in [-0.1, -0.05) is 11.8 Å². The number of ether oxygens (including phenoxy) is 2. The molecule has 0 aromatic heterocycles. The highest BCUT2D eigenvalue weighted by atomic mass is 32.2. The van der Waals surface area contributed by atoms with Crippen LogP contribution in [-0.4, -0.2) is 71.8 Å². The summed E-state index contributed by atoms with van der Waals surface area (Å²) in [6.45, 7) is 9.47. The number of hydrogen-bond acceptors (Lipinski definition) is 8. The first kappa shape index (κ1) is 28.8. The van der Waals surface area contributed by atoms with Gasteiger partial charge in [-0.3, -0.25) is 10.0 Å². The summed E-state index contributed by atoms with van der Waals surface area (Å²) in [6, 6.07) is 4.79. The molecule has 3 N–H and O–H groups in total. The molecule has 0 spiro atoms. The summed E-state index contributed by atoms with van der Waals surface area (Å²) in [4.78, 5) is 23.8. The van der Waals surface area contributed by atoms with Gasteiger partial charge in [-0.25, -0.2) is 18.7 Å². The van der Waals surface area contributed by atoms with Gasteiger partial charge in [0.25, 0.3) is 5.91 Å². The maximum Gasteiger partial charge on any atom is 0.407 e. The van der Waals surface area contributed by atoms with Crippen LogP contribution in [0.3, 0.4) is 0 Å². The molecule has 1 aliphatic heterocycles. The van der Waals surface area contributed by atoms with E-state index >= 15 is 0 Å². The molecule has 35 heavy (non-hydrogen) atoms. The number of sulfonamides is 1. The van der Waals surface area contributed by atoms with Crippen LogP contribution in [0.1, 0.15) is 41.0 Å². The number of carbonyl (C=O) groups excluding carboxylic acids is 2. The minimum Gasteiger partial charge on any atom is -0.481 e. The number of rotatable bonds is 7. The molecule has 1 saturated heterocycles. The Bertz CT molecular complexity index is 1060. The molecule has 1 unspecified atom stereocenters. The summed E-state index contributed by atoms with van der Waals surface area (Å²) >= 11 is 1.47. The lowest BCUT2D eigenvalue weighted by Gasteiger charge is -2.43. The summed E-state index contributed by atoms with van der Waals surface area (Å²) < 4.78 is 37.6. The van der Waals surface area contributed by atoms with Crippen molar-refractivity contribution in [2.24, 2.45) is 0 Å². The van der Waals surface area contributed by atoms with Crippen molar-refractivity contribution in [3.05, 3.63) is 24.3 Å². The largest absolute Gasteiger partial charge is 0.481 e. The van der Waals surface area contributed by atoms with E-state index in [0.29, 0.717) is 24.5 Å². The zero-order valence-corrected chi connectivity index (χ0v) is 22.2. The first-order valence-electron chi connectivity index (χ1n) is 11.0. The number of carbonyl (C=O) groups is 2. The molecule has 0 radical (unpaired) electrons. The van der Waals surface area contributed by atoms with Crippen LogP contribution >= 0.6 is 11.8 Å². The predicted octanol–water partition coefficient (Wildman–Crippen LogP) is 2.37. The van der Waals surface area contributed by atoms with Crippen molar-refractivity contribution in [3.8, 4) is 17.6 Å². The molecule has 1 heterocycles. The van der Waals surface area contributed by atoms with Gasteiger partial charge in [0.1, 0.15) is 24.0 Å². The normalized spacial score (nSPS) is 18.1. The van der Waals surface area contributed by atoms with Crippen LogP contribution in [0.5, 0.6) is 5.75 Å². The van der Waals surface area contributed by atoms with E-state index in [2.05, 4.69) is 17.2 Å².